The van der Waals surface area contributed by atoms with Crippen molar-refractivity contribution in [3.8, 4) is 11.5 Å². The van der Waals surface area contributed by atoms with Crippen LogP contribution in [0.1, 0.15) is 57.6 Å². The summed E-state index contributed by atoms with van der Waals surface area (Å²) < 4.78 is 17.9. The second-order valence-electron chi connectivity index (χ2n) is 14.6. The van der Waals surface area contributed by atoms with Crippen LogP contribution in [-0.2, 0) is 16.1 Å². The number of phenolic OH excluding ortho intramolecular Hbond substituents is 1. The molecule has 0 aliphatic carbocycles. The molecule has 7 rings (SSSR count). The third-order valence-electron chi connectivity index (χ3n) is 10.5. The van der Waals surface area contributed by atoms with Crippen LogP contribution in [0.25, 0.3) is 10.9 Å². The Hall–Kier alpha value is -5.73. The summed E-state index contributed by atoms with van der Waals surface area (Å²) in [5, 5.41) is 34.1. The first-order valence-electron chi connectivity index (χ1n) is 19.5. The normalized spacial score (nSPS) is 18.6. The van der Waals surface area contributed by atoms with E-state index in [2.05, 4.69) is 26.3 Å². The predicted molar refractivity (Wildman–Crippen MR) is 215 cm³/mol. The van der Waals surface area contributed by atoms with Gasteiger partial charge in [-0.3, -0.25) is 9.59 Å². The van der Waals surface area contributed by atoms with Crippen LogP contribution in [0.4, 0.5) is 4.79 Å². The van der Waals surface area contributed by atoms with Crippen LogP contribution in [0.2, 0.25) is 0 Å². The number of piperidine rings is 1. The number of phenols is 1. The summed E-state index contributed by atoms with van der Waals surface area (Å²) in [7, 11) is 0. The lowest BCUT2D eigenvalue weighted by atomic mass is 9.86. The van der Waals surface area contributed by atoms with Gasteiger partial charge in [-0.05, 0) is 78.0 Å². The fourth-order valence-electron chi connectivity index (χ4n) is 7.50. The molecule has 1 aromatic heterocycles. The van der Waals surface area contributed by atoms with Gasteiger partial charge in [-0.2, -0.15) is 0 Å². The quantitative estimate of drug-likeness (QED) is 0.0695. The van der Waals surface area contributed by atoms with Crippen molar-refractivity contribution in [1.82, 2.24) is 26.3 Å². The highest BCUT2D eigenvalue weighted by molar-refractivity contribution is 5.94. The molecular formula is C44H49N5O8. The molecule has 5 aromatic rings. The molecule has 2 amide bonds. The number of aliphatic hydroxyl groups is 1. The van der Waals surface area contributed by atoms with Gasteiger partial charge in [0.05, 0.1) is 30.9 Å². The van der Waals surface area contributed by atoms with E-state index >= 15 is 0 Å². The summed E-state index contributed by atoms with van der Waals surface area (Å²) in [5.74, 6) is 0.691. The Balaban J connectivity index is 0.850. The fraction of sp³-hybridized carbons (Fsp3) is 0.341. The number of aromatic nitrogens is 1. The summed E-state index contributed by atoms with van der Waals surface area (Å²) in [6, 6.07) is 30.3. The summed E-state index contributed by atoms with van der Waals surface area (Å²) >= 11 is 0. The summed E-state index contributed by atoms with van der Waals surface area (Å²) in [6.45, 7) is 4.40. The molecule has 0 saturated carbocycles. The number of carbonyl (C=O) groups is 2. The zero-order valence-corrected chi connectivity index (χ0v) is 31.6. The second kappa shape index (κ2) is 18.9. The molecule has 13 nitrogen and oxygen atoms in total. The molecular weight excluding hydrogens is 727 g/mol. The monoisotopic (exact) mass is 775 g/mol. The highest BCUT2D eigenvalue weighted by atomic mass is 16.6. The number of H-pyrrole nitrogens is 1. The zero-order chi connectivity index (χ0) is 39.6. The van der Waals surface area contributed by atoms with E-state index in [0.29, 0.717) is 67.2 Å². The number of nitrogens with one attached hydrogen (secondary N) is 5. The number of ether oxygens (including phenoxy) is 3. The van der Waals surface area contributed by atoms with Crippen molar-refractivity contribution in [3.05, 3.63) is 141 Å². The molecule has 2 fully saturated rings. The van der Waals surface area contributed by atoms with E-state index < -0.39 is 18.2 Å². The number of aromatic hydroxyl groups is 1. The van der Waals surface area contributed by atoms with Crippen LogP contribution >= 0.6 is 0 Å². The number of alkyl carbamates (subject to hydrolysis) is 1. The number of benzene rings is 4. The first-order valence-corrected chi connectivity index (χ1v) is 19.5. The number of carbonyl (C=O) groups excluding carboxylic acids is 2. The number of rotatable bonds is 16. The lowest BCUT2D eigenvalue weighted by Crippen LogP contribution is -2.56. The minimum Gasteiger partial charge on any atom is -0.506 e. The Morgan fingerprint density at radius 3 is 2.40 bits per heavy atom. The molecule has 4 aromatic carbocycles. The van der Waals surface area contributed by atoms with Crippen molar-refractivity contribution in [1.29, 1.82) is 0 Å². The number of amides is 2. The van der Waals surface area contributed by atoms with Crippen LogP contribution in [0.5, 0.6) is 11.5 Å². The minimum atomic E-state index is -0.829. The maximum atomic E-state index is 13.3. The smallest absolute Gasteiger partial charge is 0.408 e. The van der Waals surface area contributed by atoms with Gasteiger partial charge in [0.15, 0.2) is 0 Å². The average Bonchev–Trinajstić information content (AvgIpc) is 3.22. The molecule has 4 atom stereocenters. The number of unbranched alkanes of at least 4 members (excludes halogenated alkanes) is 1. The summed E-state index contributed by atoms with van der Waals surface area (Å²) in [6.07, 6.45) is 0.0517. The van der Waals surface area contributed by atoms with Gasteiger partial charge in [-0.1, -0.05) is 60.7 Å². The Labute approximate surface area is 330 Å². The molecule has 0 spiro atoms. The molecule has 0 radical (unpaired) electrons. The van der Waals surface area contributed by atoms with Crippen molar-refractivity contribution in [2.24, 2.45) is 11.8 Å². The number of pyridine rings is 1. The van der Waals surface area contributed by atoms with Gasteiger partial charge in [0.2, 0.25) is 5.56 Å². The third kappa shape index (κ3) is 10.2. The Morgan fingerprint density at radius 2 is 1.61 bits per heavy atom. The zero-order valence-electron chi connectivity index (χ0n) is 31.6. The first kappa shape index (κ1) is 39.5. The van der Waals surface area contributed by atoms with Crippen LogP contribution in [-0.4, -0.2) is 79.2 Å². The van der Waals surface area contributed by atoms with Crippen molar-refractivity contribution in [2.45, 2.75) is 37.7 Å². The van der Waals surface area contributed by atoms with Crippen LogP contribution in [0.15, 0.2) is 108 Å². The molecule has 298 valence electrons. The number of hydrogen-bond donors (Lipinski definition) is 7. The average molecular weight is 776 g/mol. The highest BCUT2D eigenvalue weighted by Gasteiger charge is 2.40. The molecule has 2 bridgehead atoms. The number of fused-ring (bicyclic) bond motifs is 3. The molecule has 3 heterocycles. The Kier molecular flexibility index (Phi) is 13.1. The third-order valence-corrected chi connectivity index (χ3v) is 10.5. The number of hydrogen-bond acceptors (Lipinski definition) is 10. The maximum absolute atomic E-state index is 13.3. The van der Waals surface area contributed by atoms with E-state index in [1.54, 1.807) is 24.3 Å². The van der Waals surface area contributed by atoms with Crippen molar-refractivity contribution in [2.75, 3.05) is 45.9 Å². The highest BCUT2D eigenvalue weighted by Crippen LogP contribution is 2.30. The lowest BCUT2D eigenvalue weighted by Gasteiger charge is -2.41. The van der Waals surface area contributed by atoms with Gasteiger partial charge < -0.3 is 50.7 Å². The van der Waals surface area contributed by atoms with Crippen molar-refractivity contribution >= 4 is 22.9 Å². The lowest BCUT2D eigenvalue weighted by molar-refractivity contribution is -0.0974. The molecule has 2 aliphatic rings. The Morgan fingerprint density at radius 1 is 0.860 bits per heavy atom. The van der Waals surface area contributed by atoms with Gasteiger partial charge >= 0.3 is 6.09 Å². The minimum absolute atomic E-state index is 0.0496. The number of aliphatic hydroxyl groups excluding tert-OH is 1. The molecule has 3 unspecified atom stereocenters. The topological polar surface area (TPSA) is 183 Å². The van der Waals surface area contributed by atoms with Gasteiger partial charge in [-0.15, -0.1) is 0 Å². The standard InChI is InChI=1S/C44H49N5O8/c50-37-17-15-35(36-16-18-39(52)48-41(36)37)38(51)24-45-19-4-5-20-47-43(53)30-13-11-28(12-14-30)25-56-34-10-6-9-31(21-34)40(29-7-2-1-3-8-29)49-44(54)57-42-32-22-46-23-33(42)27-55-26-32/h1-3,6-18,21,32-33,38,40,42,45-46,50-51H,4-5,19-20,22-27H2,(H,47,53)(H,48,52)(H,49,54)/t32?,33?,38-,40?,42?/m0/s1. The molecule has 57 heavy (non-hydrogen) atoms. The van der Waals surface area contributed by atoms with Crippen molar-refractivity contribution in [3.63, 3.8) is 0 Å². The van der Waals surface area contributed by atoms with Gasteiger partial charge in [-0.25, -0.2) is 4.79 Å². The van der Waals surface area contributed by atoms with Crippen LogP contribution in [0, 0.1) is 11.8 Å². The first-order chi connectivity index (χ1) is 27.8. The summed E-state index contributed by atoms with van der Waals surface area (Å²) in [4.78, 5) is 40.4. The molecule has 13 heteroatoms. The van der Waals surface area contributed by atoms with E-state index in [1.807, 2.05) is 66.7 Å². The largest absolute Gasteiger partial charge is 0.506 e. The second-order valence-corrected chi connectivity index (χ2v) is 14.6. The van der Waals surface area contributed by atoms with E-state index in [-0.39, 0.29) is 35.2 Å². The molecule has 2 saturated heterocycles. The Bertz CT molecular complexity index is 2160. The SMILES string of the molecule is O=C(NC(c1ccccc1)c1cccc(OCc2ccc(C(=O)NCCCCNC[C@H](O)c3ccc(O)c4[nH]c(=O)ccc34)cc2)c1)OC1C2CNCC1COC2. The van der Waals surface area contributed by atoms with Crippen molar-refractivity contribution < 1.29 is 34.0 Å². The van der Waals surface area contributed by atoms with Gasteiger partial charge in [0, 0.05) is 55.0 Å². The summed E-state index contributed by atoms with van der Waals surface area (Å²) in [5.41, 5.74) is 3.80. The van der Waals surface area contributed by atoms with E-state index in [4.69, 9.17) is 14.2 Å². The van der Waals surface area contributed by atoms with E-state index in [1.165, 1.54) is 12.1 Å². The van der Waals surface area contributed by atoms with Crippen LogP contribution < -0.4 is 31.6 Å². The van der Waals surface area contributed by atoms with Crippen LogP contribution in [0.3, 0.4) is 0 Å². The predicted octanol–water partition coefficient (Wildman–Crippen LogP) is 4.70. The molecule has 7 N–H and O–H groups in total. The maximum Gasteiger partial charge on any atom is 0.408 e. The molecule has 2 aliphatic heterocycles. The fourth-order valence-corrected chi connectivity index (χ4v) is 7.50. The van der Waals surface area contributed by atoms with Gasteiger partial charge in [0.25, 0.3) is 5.91 Å². The van der Waals surface area contributed by atoms with Gasteiger partial charge in [0.1, 0.15) is 24.2 Å². The van der Waals surface area contributed by atoms with E-state index in [9.17, 15) is 24.6 Å². The number of aromatic amines is 1. The van der Waals surface area contributed by atoms with E-state index in [0.717, 1.165) is 42.6 Å².